The molecule has 26 heavy (non-hydrogen) atoms. The van der Waals surface area contributed by atoms with Crippen molar-refractivity contribution in [1.29, 1.82) is 0 Å². The van der Waals surface area contributed by atoms with E-state index in [1.54, 1.807) is 36.4 Å². The highest BCUT2D eigenvalue weighted by Crippen LogP contribution is 2.18. The Morgan fingerprint density at radius 3 is 2.54 bits per heavy atom. The highest BCUT2D eigenvalue weighted by atomic mass is 35.5. The summed E-state index contributed by atoms with van der Waals surface area (Å²) in [5.74, 6) is -0.114. The first-order valence-corrected chi connectivity index (χ1v) is 8.52. The van der Waals surface area contributed by atoms with Gasteiger partial charge in [-0.2, -0.15) is 4.80 Å². The van der Waals surface area contributed by atoms with Crippen LogP contribution in [0.5, 0.6) is 0 Å². The molecule has 8 heteroatoms. The Hall–Kier alpha value is -2.80. The fourth-order valence-electron chi connectivity index (χ4n) is 2.43. The Morgan fingerprint density at radius 2 is 1.88 bits per heavy atom. The van der Waals surface area contributed by atoms with Gasteiger partial charge in [0, 0.05) is 17.1 Å². The van der Waals surface area contributed by atoms with Crippen molar-refractivity contribution in [2.24, 2.45) is 0 Å². The molecule has 0 aliphatic heterocycles. The first-order valence-electron chi connectivity index (χ1n) is 8.14. The molecule has 1 aromatic heterocycles. The largest absolute Gasteiger partial charge is 0.350 e. The Bertz CT molecular complexity index is 879. The maximum atomic E-state index is 12.9. The number of halogens is 2. The molecule has 0 saturated carbocycles. The fraction of sp³-hybridized carbons (Fsp3) is 0.222. The summed E-state index contributed by atoms with van der Waals surface area (Å²) in [6, 6.07) is 12.5. The zero-order valence-electron chi connectivity index (χ0n) is 14.1. The van der Waals surface area contributed by atoms with E-state index >= 15 is 0 Å². The van der Waals surface area contributed by atoms with Gasteiger partial charge < -0.3 is 5.32 Å². The van der Waals surface area contributed by atoms with Gasteiger partial charge in [-0.1, -0.05) is 30.7 Å². The van der Waals surface area contributed by atoms with E-state index in [0.717, 1.165) is 11.1 Å². The molecule has 1 amide bonds. The predicted octanol–water partition coefficient (Wildman–Crippen LogP) is 3.40. The van der Waals surface area contributed by atoms with Gasteiger partial charge in [0.15, 0.2) is 6.04 Å². The van der Waals surface area contributed by atoms with Gasteiger partial charge in [-0.15, -0.1) is 10.2 Å². The lowest BCUT2D eigenvalue weighted by Gasteiger charge is -2.13. The molecule has 1 N–H and O–H groups in total. The third-order valence-electron chi connectivity index (χ3n) is 3.88. The van der Waals surface area contributed by atoms with Crippen LogP contribution < -0.4 is 5.32 Å². The summed E-state index contributed by atoms with van der Waals surface area (Å²) >= 11 is 5.88. The van der Waals surface area contributed by atoms with E-state index in [9.17, 15) is 9.18 Å². The third-order valence-corrected chi connectivity index (χ3v) is 4.13. The topological polar surface area (TPSA) is 72.7 Å². The van der Waals surface area contributed by atoms with Crippen molar-refractivity contribution in [3.63, 3.8) is 0 Å². The minimum Gasteiger partial charge on any atom is -0.350 e. The zero-order valence-corrected chi connectivity index (χ0v) is 14.8. The highest BCUT2D eigenvalue weighted by molar-refractivity contribution is 6.30. The van der Waals surface area contributed by atoms with Crippen LogP contribution in [0.3, 0.4) is 0 Å². The molecule has 0 fully saturated rings. The van der Waals surface area contributed by atoms with Crippen molar-refractivity contribution in [2.45, 2.75) is 25.9 Å². The van der Waals surface area contributed by atoms with E-state index in [1.807, 2.05) is 6.92 Å². The van der Waals surface area contributed by atoms with Crippen LogP contribution in [0.4, 0.5) is 4.39 Å². The molecule has 0 bridgehead atoms. The SMILES string of the molecule is CC[C@@H](C(=O)NCc1ccc(F)cc1)n1nnc(-c2ccc(Cl)cc2)n1. The number of nitrogens with zero attached hydrogens (tertiary/aromatic N) is 4. The predicted molar refractivity (Wildman–Crippen MR) is 95.8 cm³/mol. The third kappa shape index (κ3) is 4.23. The molecule has 0 saturated heterocycles. The van der Waals surface area contributed by atoms with E-state index in [2.05, 4.69) is 20.7 Å². The monoisotopic (exact) mass is 373 g/mol. The Kier molecular flexibility index (Phi) is 5.58. The van der Waals surface area contributed by atoms with Crippen LogP contribution in [0, 0.1) is 5.82 Å². The van der Waals surface area contributed by atoms with Crippen LogP contribution >= 0.6 is 11.6 Å². The molecule has 0 aliphatic rings. The van der Waals surface area contributed by atoms with Crippen molar-refractivity contribution in [1.82, 2.24) is 25.5 Å². The molecule has 0 radical (unpaired) electrons. The van der Waals surface area contributed by atoms with E-state index < -0.39 is 6.04 Å². The summed E-state index contributed by atoms with van der Waals surface area (Å²) in [7, 11) is 0. The summed E-state index contributed by atoms with van der Waals surface area (Å²) < 4.78 is 12.9. The molecule has 134 valence electrons. The second-order valence-electron chi connectivity index (χ2n) is 5.71. The second kappa shape index (κ2) is 8.05. The van der Waals surface area contributed by atoms with Gasteiger partial charge in [0.05, 0.1) is 0 Å². The molecule has 0 spiro atoms. The van der Waals surface area contributed by atoms with Gasteiger partial charge in [-0.3, -0.25) is 4.79 Å². The summed E-state index contributed by atoms with van der Waals surface area (Å²) in [4.78, 5) is 13.8. The Morgan fingerprint density at radius 1 is 1.19 bits per heavy atom. The van der Waals surface area contributed by atoms with Crippen molar-refractivity contribution in [3.05, 3.63) is 64.9 Å². The van der Waals surface area contributed by atoms with Gasteiger partial charge in [-0.05, 0) is 53.6 Å². The Labute approximate surface area is 155 Å². The lowest BCUT2D eigenvalue weighted by Crippen LogP contribution is -2.33. The molecule has 0 unspecified atom stereocenters. The van der Waals surface area contributed by atoms with E-state index in [1.165, 1.54) is 16.9 Å². The number of tetrazole rings is 1. The molecule has 2 aromatic carbocycles. The molecule has 3 aromatic rings. The number of carbonyl (C=O) groups is 1. The van der Waals surface area contributed by atoms with Gasteiger partial charge >= 0.3 is 0 Å². The van der Waals surface area contributed by atoms with Crippen molar-refractivity contribution < 1.29 is 9.18 Å². The maximum absolute atomic E-state index is 12.9. The quantitative estimate of drug-likeness (QED) is 0.718. The second-order valence-corrected chi connectivity index (χ2v) is 6.15. The molecule has 6 nitrogen and oxygen atoms in total. The molecular weight excluding hydrogens is 357 g/mol. The normalized spacial score (nSPS) is 12.0. The van der Waals surface area contributed by atoms with Crippen molar-refractivity contribution in [3.8, 4) is 11.4 Å². The summed E-state index contributed by atoms with van der Waals surface area (Å²) in [6.07, 6.45) is 0.506. The molecule has 0 aliphatic carbocycles. The van der Waals surface area contributed by atoms with Gasteiger partial charge in [0.25, 0.3) is 0 Å². The minimum absolute atomic E-state index is 0.225. The highest BCUT2D eigenvalue weighted by Gasteiger charge is 2.21. The number of aromatic nitrogens is 4. The summed E-state index contributed by atoms with van der Waals surface area (Å²) in [5, 5.41) is 15.8. The summed E-state index contributed by atoms with van der Waals surface area (Å²) in [6.45, 7) is 2.17. The van der Waals surface area contributed by atoms with Crippen molar-refractivity contribution >= 4 is 17.5 Å². The number of hydrogen-bond acceptors (Lipinski definition) is 4. The van der Waals surface area contributed by atoms with Gasteiger partial charge in [-0.25, -0.2) is 4.39 Å². The zero-order chi connectivity index (χ0) is 18.5. The van der Waals surface area contributed by atoms with Gasteiger partial charge in [0.2, 0.25) is 11.7 Å². The lowest BCUT2D eigenvalue weighted by molar-refractivity contribution is -0.125. The fourth-order valence-corrected chi connectivity index (χ4v) is 2.56. The van der Waals surface area contributed by atoms with Crippen LogP contribution in [0.25, 0.3) is 11.4 Å². The van der Waals surface area contributed by atoms with Crippen LogP contribution in [0.2, 0.25) is 5.02 Å². The van der Waals surface area contributed by atoms with E-state index in [-0.39, 0.29) is 11.7 Å². The number of benzene rings is 2. The molecule has 1 heterocycles. The van der Waals surface area contributed by atoms with E-state index in [4.69, 9.17) is 11.6 Å². The maximum Gasteiger partial charge on any atom is 0.247 e. The van der Waals surface area contributed by atoms with Crippen molar-refractivity contribution in [2.75, 3.05) is 0 Å². The molecule has 1 atom stereocenters. The number of amides is 1. The average molecular weight is 374 g/mol. The van der Waals surface area contributed by atoms with Crippen LogP contribution in [-0.2, 0) is 11.3 Å². The average Bonchev–Trinajstić information content (AvgIpc) is 3.12. The summed E-state index contributed by atoms with van der Waals surface area (Å²) in [5.41, 5.74) is 1.57. The van der Waals surface area contributed by atoms with Crippen LogP contribution in [0.1, 0.15) is 24.9 Å². The number of rotatable bonds is 6. The lowest BCUT2D eigenvalue weighted by atomic mass is 10.2. The molecular formula is C18H17ClFN5O. The van der Waals surface area contributed by atoms with E-state index in [0.29, 0.717) is 23.8 Å². The number of hydrogen-bond donors (Lipinski definition) is 1. The standard InChI is InChI=1S/C18H17ClFN5O/c1-2-16(18(26)21-11-12-3-9-15(20)10-4-12)25-23-17(22-24-25)13-5-7-14(19)8-6-13/h3-10,16H,2,11H2,1H3,(H,21,26)/t16-/m0/s1. The smallest absolute Gasteiger partial charge is 0.247 e. The molecule has 3 rings (SSSR count). The minimum atomic E-state index is -0.580. The van der Waals surface area contributed by atoms with Gasteiger partial charge in [0.1, 0.15) is 5.82 Å². The number of carbonyl (C=O) groups excluding carboxylic acids is 1. The Balaban J connectivity index is 1.68. The first kappa shape index (κ1) is 18.0. The van der Waals surface area contributed by atoms with Crippen LogP contribution in [0.15, 0.2) is 48.5 Å². The first-order chi connectivity index (χ1) is 12.6. The number of nitrogens with one attached hydrogen (secondary N) is 1. The van der Waals surface area contributed by atoms with Crippen LogP contribution in [-0.4, -0.2) is 26.1 Å².